The van der Waals surface area contributed by atoms with E-state index in [1.165, 1.54) is 18.9 Å². The third kappa shape index (κ3) is 6.86. The van der Waals surface area contributed by atoms with E-state index >= 15 is 0 Å². The molecule has 0 aliphatic carbocycles. The molecule has 0 aliphatic heterocycles. The van der Waals surface area contributed by atoms with E-state index in [1.54, 1.807) is 0 Å². The minimum atomic E-state index is -0.173. The fourth-order valence-corrected chi connectivity index (χ4v) is 3.46. The van der Waals surface area contributed by atoms with Crippen LogP contribution in [0.4, 0.5) is 0 Å². The van der Waals surface area contributed by atoms with Crippen LogP contribution in [0.25, 0.3) is 0 Å². The molecule has 0 spiro atoms. The van der Waals surface area contributed by atoms with Crippen LogP contribution in [0.5, 0.6) is 0 Å². The van der Waals surface area contributed by atoms with Gasteiger partial charge in [0.05, 0.1) is 0 Å². The Bertz CT molecular complexity index is 124. The third-order valence-corrected chi connectivity index (χ3v) is 5.46. The first-order valence-corrected chi connectivity index (χ1v) is 7.08. The van der Waals surface area contributed by atoms with Crippen LogP contribution in [0.3, 0.4) is 0 Å². The van der Waals surface area contributed by atoms with Crippen molar-refractivity contribution < 1.29 is 4.79 Å². The average Bonchev–Trinajstić information content (AvgIpc) is 2.04. The highest BCUT2D eigenvalue weighted by Crippen LogP contribution is 2.15. The van der Waals surface area contributed by atoms with Crippen molar-refractivity contribution in [3.8, 4) is 0 Å². The van der Waals surface area contributed by atoms with Gasteiger partial charge in [-0.2, -0.15) is 0 Å². The predicted octanol–water partition coefficient (Wildman–Crippen LogP) is 2.73. The molecule has 0 aliphatic rings. The van der Waals surface area contributed by atoms with Crippen molar-refractivity contribution in [2.75, 3.05) is 0 Å². The standard InChI is InChI=1S/C9H19ClOSi/c1-3-8(4-2)12-7-5-6-9(10)11/h8H,3-7,12H2,1-2H3. The lowest BCUT2D eigenvalue weighted by molar-refractivity contribution is -0.111. The van der Waals surface area contributed by atoms with Gasteiger partial charge in [0.15, 0.2) is 0 Å². The fourth-order valence-electron chi connectivity index (χ4n) is 1.39. The molecule has 12 heavy (non-hydrogen) atoms. The van der Waals surface area contributed by atoms with Crippen LogP contribution in [-0.2, 0) is 4.79 Å². The molecule has 3 heteroatoms. The van der Waals surface area contributed by atoms with E-state index in [4.69, 9.17) is 11.6 Å². The summed E-state index contributed by atoms with van der Waals surface area (Å²) >= 11 is 5.24. The van der Waals surface area contributed by atoms with E-state index in [9.17, 15) is 4.79 Å². The van der Waals surface area contributed by atoms with Crippen molar-refractivity contribution >= 4 is 26.4 Å². The van der Waals surface area contributed by atoms with Crippen LogP contribution >= 0.6 is 11.6 Å². The van der Waals surface area contributed by atoms with Gasteiger partial charge in [0.1, 0.15) is 0 Å². The molecule has 0 N–H and O–H groups in total. The second-order valence-corrected chi connectivity index (χ2v) is 6.14. The van der Waals surface area contributed by atoms with E-state index < -0.39 is 0 Å². The number of rotatable bonds is 7. The zero-order valence-electron chi connectivity index (χ0n) is 8.11. The van der Waals surface area contributed by atoms with Crippen molar-refractivity contribution in [1.82, 2.24) is 0 Å². The Hall–Kier alpha value is 0.177. The largest absolute Gasteiger partial charge is 0.281 e. The molecule has 0 unspecified atom stereocenters. The monoisotopic (exact) mass is 206 g/mol. The van der Waals surface area contributed by atoms with Gasteiger partial charge >= 0.3 is 0 Å². The first-order valence-electron chi connectivity index (χ1n) is 4.89. The Morgan fingerprint density at radius 2 is 2.00 bits per heavy atom. The molecule has 0 heterocycles. The Morgan fingerprint density at radius 3 is 2.42 bits per heavy atom. The summed E-state index contributed by atoms with van der Waals surface area (Å²) in [6, 6.07) is 1.28. The van der Waals surface area contributed by atoms with Gasteiger partial charge < -0.3 is 0 Å². The molecule has 0 saturated carbocycles. The Kier molecular flexibility index (Phi) is 7.92. The third-order valence-electron chi connectivity index (χ3n) is 2.39. The molecule has 0 rings (SSSR count). The van der Waals surface area contributed by atoms with Crippen molar-refractivity contribution in [1.29, 1.82) is 0 Å². The molecule has 0 aromatic rings. The Labute approximate surface area is 82.7 Å². The second kappa shape index (κ2) is 7.81. The molecule has 0 saturated heterocycles. The highest BCUT2D eigenvalue weighted by Gasteiger charge is 2.04. The van der Waals surface area contributed by atoms with Crippen LogP contribution < -0.4 is 0 Å². The number of hydrogen-bond acceptors (Lipinski definition) is 1. The number of carbonyl (C=O) groups excluding carboxylic acids is 1. The van der Waals surface area contributed by atoms with Gasteiger partial charge in [-0.25, -0.2) is 0 Å². The van der Waals surface area contributed by atoms with Gasteiger partial charge in [-0.3, -0.25) is 4.79 Å². The lowest BCUT2D eigenvalue weighted by atomic mass is 10.3. The maximum Gasteiger partial charge on any atom is 0.221 e. The van der Waals surface area contributed by atoms with E-state index in [1.807, 2.05) is 0 Å². The summed E-state index contributed by atoms with van der Waals surface area (Å²) in [7, 11) is 0.0714. The molecule has 72 valence electrons. The van der Waals surface area contributed by atoms with E-state index in [-0.39, 0.29) is 14.8 Å². The van der Waals surface area contributed by atoms with Gasteiger partial charge in [-0.05, 0) is 18.0 Å². The first-order chi connectivity index (χ1) is 5.70. The molecule has 0 aromatic carbocycles. The van der Waals surface area contributed by atoms with Gasteiger partial charge in [0.2, 0.25) is 5.24 Å². The highest BCUT2D eigenvalue weighted by molar-refractivity contribution is 6.63. The summed E-state index contributed by atoms with van der Waals surface area (Å²) in [5, 5.41) is -0.173. The molecule has 0 radical (unpaired) electrons. The summed E-state index contributed by atoms with van der Waals surface area (Å²) in [4.78, 5) is 10.4. The molecule has 0 bridgehead atoms. The van der Waals surface area contributed by atoms with Crippen LogP contribution in [0.2, 0.25) is 11.6 Å². The molecule has 0 fully saturated rings. The summed E-state index contributed by atoms with van der Waals surface area (Å²) in [5.74, 6) is 0. The van der Waals surface area contributed by atoms with Crippen LogP contribution in [-0.4, -0.2) is 14.8 Å². The van der Waals surface area contributed by atoms with Gasteiger partial charge in [-0.1, -0.05) is 38.3 Å². The summed E-state index contributed by atoms with van der Waals surface area (Å²) in [6.45, 7) is 4.52. The van der Waals surface area contributed by atoms with E-state index in [2.05, 4.69) is 13.8 Å². The summed E-state index contributed by atoms with van der Waals surface area (Å²) in [5.41, 5.74) is 0.982. The van der Waals surface area contributed by atoms with Crippen LogP contribution in [0, 0.1) is 0 Å². The molecule has 0 aromatic heterocycles. The summed E-state index contributed by atoms with van der Waals surface area (Å²) in [6.07, 6.45) is 4.23. The van der Waals surface area contributed by atoms with Crippen molar-refractivity contribution in [3.05, 3.63) is 0 Å². The molecule has 1 nitrogen and oxygen atoms in total. The lowest BCUT2D eigenvalue weighted by Crippen LogP contribution is -2.01. The van der Waals surface area contributed by atoms with Crippen LogP contribution in [0.1, 0.15) is 39.5 Å². The quantitative estimate of drug-likeness (QED) is 0.356. The Balaban J connectivity index is 3.23. The topological polar surface area (TPSA) is 17.1 Å². The molecular weight excluding hydrogens is 188 g/mol. The number of halogens is 1. The first kappa shape index (κ1) is 12.2. The minimum absolute atomic E-state index is 0.0714. The molecular formula is C9H19ClOSi. The van der Waals surface area contributed by atoms with Crippen molar-refractivity contribution in [2.24, 2.45) is 0 Å². The number of carbonyl (C=O) groups is 1. The smallest absolute Gasteiger partial charge is 0.221 e. The molecule has 0 atom stereocenters. The highest BCUT2D eigenvalue weighted by atomic mass is 35.5. The SMILES string of the molecule is CCC(CC)[SiH2]CCCC(=O)Cl. The minimum Gasteiger partial charge on any atom is -0.281 e. The average molecular weight is 207 g/mol. The number of hydrogen-bond donors (Lipinski definition) is 0. The van der Waals surface area contributed by atoms with Crippen molar-refractivity contribution in [3.63, 3.8) is 0 Å². The van der Waals surface area contributed by atoms with Crippen LogP contribution in [0.15, 0.2) is 0 Å². The van der Waals surface area contributed by atoms with E-state index in [0.717, 1.165) is 12.0 Å². The van der Waals surface area contributed by atoms with Gasteiger partial charge in [-0.15, -0.1) is 0 Å². The zero-order valence-corrected chi connectivity index (χ0v) is 10.3. The predicted molar refractivity (Wildman–Crippen MR) is 57.8 cm³/mol. The Morgan fingerprint density at radius 1 is 1.42 bits per heavy atom. The summed E-state index contributed by atoms with van der Waals surface area (Å²) < 4.78 is 0. The lowest BCUT2D eigenvalue weighted by Gasteiger charge is -2.09. The van der Waals surface area contributed by atoms with Gasteiger partial charge in [0, 0.05) is 15.9 Å². The molecule has 0 amide bonds. The second-order valence-electron chi connectivity index (χ2n) is 3.28. The van der Waals surface area contributed by atoms with Crippen molar-refractivity contribution in [2.45, 2.75) is 51.1 Å². The fraction of sp³-hybridized carbons (Fsp3) is 0.889. The van der Waals surface area contributed by atoms with Gasteiger partial charge in [0.25, 0.3) is 0 Å². The van der Waals surface area contributed by atoms with E-state index in [0.29, 0.717) is 6.42 Å². The normalized spacial score (nSPS) is 11.7. The maximum absolute atomic E-state index is 10.4. The maximum atomic E-state index is 10.4. The zero-order chi connectivity index (χ0) is 9.40.